The Hall–Kier alpha value is -1.08. The molecule has 0 radical (unpaired) electrons. The lowest BCUT2D eigenvalue weighted by Crippen LogP contribution is -2.23. The van der Waals surface area contributed by atoms with Crippen LogP contribution in [0.15, 0.2) is 29.2 Å². The molecule has 1 aliphatic rings. The van der Waals surface area contributed by atoms with Gasteiger partial charge in [0.25, 0.3) is 0 Å². The van der Waals surface area contributed by atoms with E-state index in [1.165, 1.54) is 12.1 Å². The first kappa shape index (κ1) is 12.4. The Morgan fingerprint density at radius 1 is 1.24 bits per heavy atom. The number of anilines is 1. The van der Waals surface area contributed by atoms with E-state index < -0.39 is 24.9 Å². The standard InChI is InChI=1S/C10H13NO4S2/c11-9-3-1-2-4-10(9)17(14,15)8-5-6-16(12,13)7-8/h1-4,8H,5-7,11H2. The molecule has 1 aliphatic heterocycles. The van der Waals surface area contributed by atoms with E-state index in [4.69, 9.17) is 5.73 Å². The van der Waals surface area contributed by atoms with Gasteiger partial charge < -0.3 is 5.73 Å². The predicted molar refractivity (Wildman–Crippen MR) is 65.1 cm³/mol. The first-order chi connectivity index (χ1) is 7.83. The van der Waals surface area contributed by atoms with Crippen molar-refractivity contribution in [1.29, 1.82) is 0 Å². The van der Waals surface area contributed by atoms with Gasteiger partial charge in [0.2, 0.25) is 0 Å². The molecule has 1 saturated heterocycles. The molecule has 1 aromatic rings. The summed E-state index contributed by atoms with van der Waals surface area (Å²) in [4.78, 5) is 0.0297. The Balaban J connectivity index is 2.43. The second kappa shape index (κ2) is 3.99. The molecule has 0 aromatic heterocycles. The number of rotatable bonds is 2. The average Bonchev–Trinajstić information content (AvgIpc) is 2.60. The molecule has 0 amide bonds. The molecule has 1 fully saturated rings. The summed E-state index contributed by atoms with van der Waals surface area (Å²) in [6.45, 7) is 0. The van der Waals surface area contributed by atoms with Gasteiger partial charge in [0, 0.05) is 0 Å². The van der Waals surface area contributed by atoms with Crippen molar-refractivity contribution >= 4 is 25.4 Å². The van der Waals surface area contributed by atoms with Gasteiger partial charge in [-0.05, 0) is 18.6 Å². The summed E-state index contributed by atoms with van der Waals surface area (Å²) in [5.74, 6) is -0.368. The third kappa shape index (κ3) is 2.30. The molecule has 1 atom stereocenters. The Bertz CT molecular complexity index is 634. The SMILES string of the molecule is Nc1ccccc1S(=O)(=O)C1CCS(=O)(=O)C1. The highest BCUT2D eigenvalue weighted by atomic mass is 32.2. The zero-order valence-electron chi connectivity index (χ0n) is 9.03. The maximum absolute atomic E-state index is 12.2. The van der Waals surface area contributed by atoms with Crippen LogP contribution in [0.5, 0.6) is 0 Å². The lowest BCUT2D eigenvalue weighted by molar-refractivity contribution is 0.582. The molecule has 94 valence electrons. The van der Waals surface area contributed by atoms with E-state index in [0.717, 1.165) is 0 Å². The van der Waals surface area contributed by atoms with E-state index in [2.05, 4.69) is 0 Å². The van der Waals surface area contributed by atoms with Gasteiger partial charge in [-0.1, -0.05) is 12.1 Å². The summed E-state index contributed by atoms with van der Waals surface area (Å²) >= 11 is 0. The highest BCUT2D eigenvalue weighted by Gasteiger charge is 2.38. The summed E-state index contributed by atoms with van der Waals surface area (Å²) < 4.78 is 47.0. The van der Waals surface area contributed by atoms with E-state index >= 15 is 0 Å². The number of hydrogen-bond acceptors (Lipinski definition) is 5. The van der Waals surface area contributed by atoms with Crippen LogP contribution in [0, 0.1) is 0 Å². The van der Waals surface area contributed by atoms with Crippen molar-refractivity contribution in [3.05, 3.63) is 24.3 Å². The van der Waals surface area contributed by atoms with E-state index in [9.17, 15) is 16.8 Å². The average molecular weight is 275 g/mol. The van der Waals surface area contributed by atoms with Gasteiger partial charge in [-0.25, -0.2) is 16.8 Å². The Morgan fingerprint density at radius 2 is 1.88 bits per heavy atom. The van der Waals surface area contributed by atoms with Crippen LogP contribution in [0.4, 0.5) is 5.69 Å². The van der Waals surface area contributed by atoms with Crippen LogP contribution < -0.4 is 5.73 Å². The minimum Gasteiger partial charge on any atom is -0.398 e. The molecule has 2 rings (SSSR count). The van der Waals surface area contributed by atoms with E-state index in [1.807, 2.05) is 0 Å². The molecule has 0 saturated carbocycles. The van der Waals surface area contributed by atoms with E-state index in [1.54, 1.807) is 12.1 Å². The highest BCUT2D eigenvalue weighted by Crippen LogP contribution is 2.28. The van der Waals surface area contributed by atoms with Gasteiger partial charge in [-0.2, -0.15) is 0 Å². The van der Waals surface area contributed by atoms with Crippen LogP contribution in [0.2, 0.25) is 0 Å². The van der Waals surface area contributed by atoms with Gasteiger partial charge in [0.15, 0.2) is 19.7 Å². The largest absolute Gasteiger partial charge is 0.398 e. The van der Waals surface area contributed by atoms with Crippen LogP contribution in [-0.2, 0) is 19.7 Å². The van der Waals surface area contributed by atoms with Crippen molar-refractivity contribution in [2.24, 2.45) is 0 Å². The van der Waals surface area contributed by atoms with Crippen LogP contribution in [0.25, 0.3) is 0 Å². The number of hydrogen-bond donors (Lipinski definition) is 1. The molecule has 7 heteroatoms. The second-order valence-electron chi connectivity index (χ2n) is 4.11. The Morgan fingerprint density at radius 3 is 2.41 bits per heavy atom. The summed E-state index contributed by atoms with van der Waals surface area (Å²) in [7, 11) is -6.86. The Kier molecular flexibility index (Phi) is 2.90. The maximum Gasteiger partial charge on any atom is 0.184 e. The van der Waals surface area contributed by atoms with Crippen molar-refractivity contribution < 1.29 is 16.8 Å². The van der Waals surface area contributed by atoms with Crippen molar-refractivity contribution in [2.45, 2.75) is 16.6 Å². The molecular formula is C10H13NO4S2. The maximum atomic E-state index is 12.2. The third-order valence-corrected chi connectivity index (χ3v) is 7.10. The zero-order chi connectivity index (χ0) is 12.7. The molecule has 1 heterocycles. The lowest BCUT2D eigenvalue weighted by atomic mass is 10.3. The molecule has 17 heavy (non-hydrogen) atoms. The van der Waals surface area contributed by atoms with Crippen LogP contribution in [0.1, 0.15) is 6.42 Å². The first-order valence-electron chi connectivity index (χ1n) is 5.12. The normalized spacial score (nSPS) is 23.6. The summed E-state index contributed by atoms with van der Waals surface area (Å²) in [5.41, 5.74) is 5.78. The molecule has 0 bridgehead atoms. The molecule has 2 N–H and O–H groups in total. The molecule has 5 nitrogen and oxygen atoms in total. The van der Waals surface area contributed by atoms with Crippen molar-refractivity contribution in [1.82, 2.24) is 0 Å². The topological polar surface area (TPSA) is 94.3 Å². The number of para-hydroxylation sites is 1. The zero-order valence-corrected chi connectivity index (χ0v) is 10.7. The Labute approximate surface area is 100 Å². The molecular weight excluding hydrogens is 262 g/mol. The van der Waals surface area contributed by atoms with Crippen LogP contribution in [-0.4, -0.2) is 33.6 Å². The molecule has 0 spiro atoms. The van der Waals surface area contributed by atoms with E-state index in [-0.39, 0.29) is 28.5 Å². The van der Waals surface area contributed by atoms with Gasteiger partial charge in [0.05, 0.1) is 27.3 Å². The fraction of sp³-hybridized carbons (Fsp3) is 0.400. The van der Waals surface area contributed by atoms with Crippen molar-refractivity contribution in [3.63, 3.8) is 0 Å². The minimum atomic E-state index is -3.64. The summed E-state index contributed by atoms with van der Waals surface area (Å²) in [6.07, 6.45) is 0.152. The lowest BCUT2D eigenvalue weighted by Gasteiger charge is -2.11. The monoisotopic (exact) mass is 275 g/mol. The fourth-order valence-corrected chi connectivity index (χ4v) is 6.41. The van der Waals surface area contributed by atoms with Gasteiger partial charge in [-0.15, -0.1) is 0 Å². The second-order valence-corrected chi connectivity index (χ2v) is 8.53. The van der Waals surface area contributed by atoms with Gasteiger partial charge in [0.1, 0.15) is 0 Å². The quantitative estimate of drug-likeness (QED) is 0.780. The summed E-state index contributed by atoms with van der Waals surface area (Å²) in [5, 5.41) is -0.864. The minimum absolute atomic E-state index is 0.0297. The predicted octanol–water partition coefficient (Wildman–Crippen LogP) is 0.230. The molecule has 0 aliphatic carbocycles. The smallest absolute Gasteiger partial charge is 0.184 e. The van der Waals surface area contributed by atoms with Crippen molar-refractivity contribution in [2.75, 3.05) is 17.2 Å². The number of sulfone groups is 2. The van der Waals surface area contributed by atoms with Crippen LogP contribution >= 0.6 is 0 Å². The molecule has 1 aromatic carbocycles. The number of benzene rings is 1. The third-order valence-electron chi connectivity index (χ3n) is 2.86. The van der Waals surface area contributed by atoms with Crippen molar-refractivity contribution in [3.8, 4) is 0 Å². The fourth-order valence-electron chi connectivity index (χ4n) is 1.92. The van der Waals surface area contributed by atoms with E-state index in [0.29, 0.717) is 0 Å². The number of nitrogen functional groups attached to an aromatic ring is 1. The van der Waals surface area contributed by atoms with Gasteiger partial charge in [-0.3, -0.25) is 0 Å². The highest BCUT2D eigenvalue weighted by molar-refractivity contribution is 7.96. The summed E-state index contributed by atoms with van der Waals surface area (Å²) in [6, 6.07) is 6.12. The number of nitrogens with two attached hydrogens (primary N) is 1. The van der Waals surface area contributed by atoms with Gasteiger partial charge >= 0.3 is 0 Å². The molecule has 1 unspecified atom stereocenters. The van der Waals surface area contributed by atoms with Crippen LogP contribution in [0.3, 0.4) is 0 Å². The first-order valence-corrected chi connectivity index (χ1v) is 8.48.